The van der Waals surface area contributed by atoms with Crippen LogP contribution in [0.4, 0.5) is 0 Å². The van der Waals surface area contributed by atoms with Crippen LogP contribution in [0.1, 0.15) is 31.8 Å². The van der Waals surface area contributed by atoms with Gasteiger partial charge in [0.2, 0.25) is 0 Å². The van der Waals surface area contributed by atoms with Gasteiger partial charge in [-0.15, -0.1) is 0 Å². The highest BCUT2D eigenvalue weighted by atomic mass is 35.5. The standard InChI is InChI=1S/C31H29ClN4O3/c32-28-20-23(11-13-29(28)37)30(38)34-33-21-24-10-12-27(26-9-5-4-8-25(24)26)31(39)36-18-16-35(17-19-36)15-14-22-6-2-1-3-7-22/h1-13,20-21,37H,14-19H2,(H,34,38). The molecule has 4 aromatic rings. The third-order valence-electron chi connectivity index (χ3n) is 6.99. The van der Waals surface area contributed by atoms with Crippen molar-refractivity contribution in [3.05, 3.63) is 112 Å². The van der Waals surface area contributed by atoms with Gasteiger partial charge in [-0.25, -0.2) is 5.43 Å². The van der Waals surface area contributed by atoms with Crippen LogP contribution in [-0.2, 0) is 6.42 Å². The van der Waals surface area contributed by atoms with E-state index < -0.39 is 5.91 Å². The molecule has 198 valence electrons. The maximum absolute atomic E-state index is 13.5. The number of amides is 2. The topological polar surface area (TPSA) is 85.2 Å². The molecule has 5 rings (SSSR count). The van der Waals surface area contributed by atoms with Crippen LogP contribution in [0.5, 0.6) is 5.75 Å². The van der Waals surface area contributed by atoms with Crippen molar-refractivity contribution in [2.75, 3.05) is 32.7 Å². The zero-order valence-electron chi connectivity index (χ0n) is 21.4. The van der Waals surface area contributed by atoms with E-state index in [0.29, 0.717) is 18.7 Å². The molecule has 0 spiro atoms. The normalized spacial score (nSPS) is 14.1. The van der Waals surface area contributed by atoms with E-state index in [2.05, 4.69) is 39.7 Å². The van der Waals surface area contributed by atoms with Crippen LogP contribution in [0.3, 0.4) is 0 Å². The molecule has 0 unspecified atom stereocenters. The van der Waals surface area contributed by atoms with Crippen LogP contribution in [0.25, 0.3) is 10.8 Å². The summed E-state index contributed by atoms with van der Waals surface area (Å²) < 4.78 is 0. The fraction of sp³-hybridized carbons (Fsp3) is 0.194. The number of fused-ring (bicyclic) bond motifs is 1. The molecule has 1 saturated heterocycles. The number of carbonyl (C=O) groups is 2. The van der Waals surface area contributed by atoms with E-state index in [1.807, 2.05) is 47.4 Å². The molecular formula is C31H29ClN4O3. The molecule has 39 heavy (non-hydrogen) atoms. The molecule has 8 heteroatoms. The van der Waals surface area contributed by atoms with Gasteiger partial charge in [0, 0.05) is 49.4 Å². The molecule has 1 aliphatic rings. The fourth-order valence-corrected chi connectivity index (χ4v) is 4.95. The van der Waals surface area contributed by atoms with Gasteiger partial charge in [-0.3, -0.25) is 14.5 Å². The second-order valence-corrected chi connectivity index (χ2v) is 9.89. The lowest BCUT2D eigenvalue weighted by Gasteiger charge is -2.35. The molecule has 4 aromatic carbocycles. The monoisotopic (exact) mass is 540 g/mol. The lowest BCUT2D eigenvalue weighted by molar-refractivity contribution is 0.0640. The highest BCUT2D eigenvalue weighted by Crippen LogP contribution is 2.25. The Kier molecular flexibility index (Phi) is 8.20. The van der Waals surface area contributed by atoms with Crippen LogP contribution in [0.15, 0.2) is 90.0 Å². The Labute approximate surface area is 232 Å². The number of carbonyl (C=O) groups excluding carboxylic acids is 2. The van der Waals surface area contributed by atoms with Gasteiger partial charge in [-0.05, 0) is 47.0 Å². The molecule has 1 aliphatic heterocycles. The quantitative estimate of drug-likeness (QED) is 0.256. The molecule has 1 heterocycles. The highest BCUT2D eigenvalue weighted by molar-refractivity contribution is 6.32. The first-order chi connectivity index (χ1) is 19.0. The van der Waals surface area contributed by atoms with E-state index in [4.69, 9.17) is 11.6 Å². The summed E-state index contributed by atoms with van der Waals surface area (Å²) in [7, 11) is 0. The summed E-state index contributed by atoms with van der Waals surface area (Å²) in [6.45, 7) is 4.08. The van der Waals surface area contributed by atoms with Gasteiger partial charge >= 0.3 is 0 Å². The van der Waals surface area contributed by atoms with Gasteiger partial charge in [0.05, 0.1) is 11.2 Å². The predicted octanol–water partition coefficient (Wildman–Crippen LogP) is 4.96. The van der Waals surface area contributed by atoms with Crippen LogP contribution >= 0.6 is 11.6 Å². The van der Waals surface area contributed by atoms with Crippen LogP contribution in [0.2, 0.25) is 5.02 Å². The van der Waals surface area contributed by atoms with Crippen LogP contribution < -0.4 is 5.43 Å². The SMILES string of the molecule is O=C(NN=Cc1ccc(C(=O)N2CCN(CCc3ccccc3)CC2)c2ccccc12)c1ccc(O)c(Cl)c1. The fourth-order valence-electron chi connectivity index (χ4n) is 4.77. The summed E-state index contributed by atoms with van der Waals surface area (Å²) in [5.74, 6) is -0.523. The first-order valence-electron chi connectivity index (χ1n) is 12.9. The van der Waals surface area contributed by atoms with Gasteiger partial charge < -0.3 is 10.0 Å². The average Bonchev–Trinajstić information content (AvgIpc) is 2.98. The van der Waals surface area contributed by atoms with E-state index in [9.17, 15) is 14.7 Å². The Morgan fingerprint density at radius 2 is 1.62 bits per heavy atom. The van der Waals surface area contributed by atoms with Crippen molar-refractivity contribution in [3.8, 4) is 5.75 Å². The first-order valence-corrected chi connectivity index (χ1v) is 13.3. The van der Waals surface area contributed by atoms with E-state index in [1.165, 1.54) is 23.8 Å². The highest BCUT2D eigenvalue weighted by Gasteiger charge is 2.23. The number of nitrogens with zero attached hydrogens (tertiary/aromatic N) is 3. The van der Waals surface area contributed by atoms with Crippen molar-refractivity contribution in [2.45, 2.75) is 6.42 Å². The Hall–Kier alpha value is -4.20. The number of hydrazone groups is 1. The summed E-state index contributed by atoms with van der Waals surface area (Å²) >= 11 is 5.89. The molecule has 1 fully saturated rings. The minimum absolute atomic E-state index is 0.0231. The molecule has 0 aromatic heterocycles. The number of nitrogens with one attached hydrogen (secondary N) is 1. The van der Waals surface area contributed by atoms with Gasteiger partial charge in [0.1, 0.15) is 5.75 Å². The van der Waals surface area contributed by atoms with E-state index in [-0.39, 0.29) is 22.2 Å². The van der Waals surface area contributed by atoms with Crippen molar-refractivity contribution < 1.29 is 14.7 Å². The first kappa shape index (κ1) is 26.4. The smallest absolute Gasteiger partial charge is 0.271 e. The van der Waals surface area contributed by atoms with Crippen LogP contribution in [-0.4, -0.2) is 65.7 Å². The minimum atomic E-state index is -0.452. The van der Waals surface area contributed by atoms with E-state index >= 15 is 0 Å². The lowest BCUT2D eigenvalue weighted by atomic mass is 9.99. The van der Waals surface area contributed by atoms with Gasteiger partial charge in [-0.2, -0.15) is 5.10 Å². The molecule has 0 bridgehead atoms. The molecular weight excluding hydrogens is 512 g/mol. The third kappa shape index (κ3) is 6.28. The number of aromatic hydroxyl groups is 1. The number of halogens is 1. The van der Waals surface area contributed by atoms with Crippen molar-refractivity contribution >= 4 is 40.4 Å². The van der Waals surface area contributed by atoms with Crippen molar-refractivity contribution in [1.82, 2.24) is 15.2 Å². The van der Waals surface area contributed by atoms with Crippen molar-refractivity contribution in [2.24, 2.45) is 5.10 Å². The van der Waals surface area contributed by atoms with Gasteiger partial charge in [0.25, 0.3) is 11.8 Å². The zero-order chi connectivity index (χ0) is 27.2. The number of rotatable bonds is 7. The number of hydrogen-bond donors (Lipinski definition) is 2. The lowest BCUT2D eigenvalue weighted by Crippen LogP contribution is -2.49. The molecule has 0 saturated carbocycles. The third-order valence-corrected chi connectivity index (χ3v) is 7.29. The number of hydrogen-bond acceptors (Lipinski definition) is 5. The molecule has 0 atom stereocenters. The Morgan fingerprint density at radius 3 is 2.36 bits per heavy atom. The second kappa shape index (κ2) is 12.1. The number of piperazine rings is 1. The largest absolute Gasteiger partial charge is 0.506 e. The molecule has 7 nitrogen and oxygen atoms in total. The Balaban J connectivity index is 1.24. The Morgan fingerprint density at radius 1 is 0.897 bits per heavy atom. The molecule has 2 N–H and O–H groups in total. The summed E-state index contributed by atoms with van der Waals surface area (Å²) in [6.07, 6.45) is 2.56. The predicted molar refractivity (Wildman–Crippen MR) is 155 cm³/mol. The number of benzene rings is 4. The van der Waals surface area contributed by atoms with Gasteiger partial charge in [0.15, 0.2) is 0 Å². The maximum atomic E-state index is 13.5. The summed E-state index contributed by atoms with van der Waals surface area (Å²) in [4.78, 5) is 30.2. The molecule has 2 amide bonds. The van der Waals surface area contributed by atoms with E-state index in [0.717, 1.165) is 42.4 Å². The van der Waals surface area contributed by atoms with Crippen molar-refractivity contribution in [3.63, 3.8) is 0 Å². The maximum Gasteiger partial charge on any atom is 0.271 e. The average molecular weight is 541 g/mol. The molecule has 0 radical (unpaired) electrons. The zero-order valence-corrected chi connectivity index (χ0v) is 22.1. The van der Waals surface area contributed by atoms with Crippen molar-refractivity contribution in [1.29, 1.82) is 0 Å². The molecule has 0 aliphatic carbocycles. The summed E-state index contributed by atoms with van der Waals surface area (Å²) in [5.41, 5.74) is 5.52. The number of phenolic OH excluding ortho intramolecular Hbond substituents is 1. The van der Waals surface area contributed by atoms with Crippen LogP contribution in [0, 0.1) is 0 Å². The summed E-state index contributed by atoms with van der Waals surface area (Å²) in [5, 5.41) is 15.4. The van der Waals surface area contributed by atoms with E-state index in [1.54, 1.807) is 6.21 Å². The Bertz CT molecular complexity index is 1520. The second-order valence-electron chi connectivity index (χ2n) is 9.48. The minimum Gasteiger partial charge on any atom is -0.506 e. The number of phenols is 1. The van der Waals surface area contributed by atoms with Gasteiger partial charge in [-0.1, -0.05) is 72.3 Å². The summed E-state index contributed by atoms with van der Waals surface area (Å²) in [6, 6.07) is 26.0.